The first-order valence-electron chi connectivity index (χ1n) is 7.90. The number of nitrogens with one attached hydrogen (secondary N) is 1. The van der Waals surface area contributed by atoms with Gasteiger partial charge in [0.2, 0.25) is 0 Å². The fourth-order valence-electron chi connectivity index (χ4n) is 2.78. The Hall–Kier alpha value is -2.40. The normalized spacial score (nSPS) is 10.8. The van der Waals surface area contributed by atoms with E-state index in [1.807, 2.05) is 26.2 Å². The van der Waals surface area contributed by atoms with Crippen molar-refractivity contribution in [3.05, 3.63) is 52.2 Å². The second-order valence-electron chi connectivity index (χ2n) is 5.75. The first kappa shape index (κ1) is 16.5. The summed E-state index contributed by atoms with van der Waals surface area (Å²) in [6.07, 6.45) is 0. The molecule has 0 amide bonds. The number of aromatic amines is 1. The molecule has 0 atom stereocenters. The zero-order valence-electron chi connectivity index (χ0n) is 14.3. The molecule has 0 aliphatic rings. The van der Waals surface area contributed by atoms with Gasteiger partial charge >= 0.3 is 5.97 Å². The summed E-state index contributed by atoms with van der Waals surface area (Å²) in [5, 5.41) is 2.94. The predicted octanol–water partition coefficient (Wildman–Crippen LogP) is 4.91. The van der Waals surface area contributed by atoms with Crippen LogP contribution in [-0.4, -0.2) is 22.5 Å². The zero-order valence-corrected chi connectivity index (χ0v) is 15.1. The number of aromatic nitrogens is 2. The number of nitrogens with zero attached hydrogens (tertiary/aromatic N) is 1. The Morgan fingerprint density at radius 2 is 1.88 bits per heavy atom. The van der Waals surface area contributed by atoms with Gasteiger partial charge in [-0.3, -0.25) is 0 Å². The first-order valence-corrected chi connectivity index (χ1v) is 8.78. The molecule has 0 aliphatic heterocycles. The SMILES string of the molecule is CCOC(=O)c1c(C)[nH]c(C)c1-c1csc(-c2ccc(C)cc2)n1. The Bertz CT molecular complexity index is 875. The number of benzene rings is 1. The number of aryl methyl sites for hydroxylation is 3. The topological polar surface area (TPSA) is 55.0 Å². The summed E-state index contributed by atoms with van der Waals surface area (Å²) in [4.78, 5) is 20.3. The molecule has 2 aromatic heterocycles. The standard InChI is InChI=1S/C19H20N2O2S/c1-5-23-19(22)17-13(4)20-12(3)16(17)15-10-24-18(21-15)14-8-6-11(2)7-9-14/h6-10,20H,5H2,1-4H3. The summed E-state index contributed by atoms with van der Waals surface area (Å²) >= 11 is 1.58. The predicted molar refractivity (Wildman–Crippen MR) is 97.5 cm³/mol. The number of carbonyl (C=O) groups excluding carboxylic acids is 1. The quantitative estimate of drug-likeness (QED) is 0.687. The van der Waals surface area contributed by atoms with Gasteiger partial charge in [-0.25, -0.2) is 9.78 Å². The van der Waals surface area contributed by atoms with Gasteiger partial charge in [-0.15, -0.1) is 11.3 Å². The lowest BCUT2D eigenvalue weighted by Gasteiger charge is -2.04. The molecule has 3 aromatic rings. The van der Waals surface area contributed by atoms with Crippen LogP contribution < -0.4 is 0 Å². The maximum atomic E-state index is 12.3. The molecule has 0 saturated heterocycles. The third-order valence-corrected chi connectivity index (χ3v) is 4.80. The minimum absolute atomic E-state index is 0.306. The molecular formula is C19H20N2O2S. The van der Waals surface area contributed by atoms with E-state index in [9.17, 15) is 4.79 Å². The van der Waals surface area contributed by atoms with Gasteiger partial charge in [0.15, 0.2) is 0 Å². The van der Waals surface area contributed by atoms with Crippen molar-refractivity contribution in [2.24, 2.45) is 0 Å². The van der Waals surface area contributed by atoms with Gasteiger partial charge in [-0.05, 0) is 27.7 Å². The zero-order chi connectivity index (χ0) is 17.3. The number of esters is 1. The van der Waals surface area contributed by atoms with Crippen LogP contribution in [0.25, 0.3) is 21.8 Å². The monoisotopic (exact) mass is 340 g/mol. The highest BCUT2D eigenvalue weighted by Crippen LogP contribution is 2.34. The van der Waals surface area contributed by atoms with E-state index >= 15 is 0 Å². The van der Waals surface area contributed by atoms with Crippen molar-refractivity contribution in [3.63, 3.8) is 0 Å². The Morgan fingerprint density at radius 3 is 2.54 bits per heavy atom. The van der Waals surface area contributed by atoms with Crippen molar-refractivity contribution in [2.45, 2.75) is 27.7 Å². The highest BCUT2D eigenvalue weighted by molar-refractivity contribution is 7.13. The van der Waals surface area contributed by atoms with Crippen LogP contribution >= 0.6 is 11.3 Å². The maximum Gasteiger partial charge on any atom is 0.340 e. The van der Waals surface area contributed by atoms with Gasteiger partial charge in [0.05, 0.1) is 17.9 Å². The van der Waals surface area contributed by atoms with E-state index in [0.29, 0.717) is 12.2 Å². The van der Waals surface area contributed by atoms with E-state index in [4.69, 9.17) is 9.72 Å². The molecular weight excluding hydrogens is 320 g/mol. The van der Waals surface area contributed by atoms with Crippen molar-refractivity contribution in [3.8, 4) is 21.8 Å². The third kappa shape index (κ3) is 2.99. The van der Waals surface area contributed by atoms with E-state index in [1.54, 1.807) is 11.3 Å². The summed E-state index contributed by atoms with van der Waals surface area (Å²) in [6.45, 7) is 8.07. The fraction of sp³-hybridized carbons (Fsp3) is 0.263. The highest BCUT2D eigenvalue weighted by Gasteiger charge is 2.23. The summed E-state index contributed by atoms with van der Waals surface area (Å²) in [6, 6.07) is 8.29. The lowest BCUT2D eigenvalue weighted by Crippen LogP contribution is -2.06. The van der Waals surface area contributed by atoms with Crippen LogP contribution in [0.4, 0.5) is 0 Å². The van der Waals surface area contributed by atoms with Crippen molar-refractivity contribution < 1.29 is 9.53 Å². The Morgan fingerprint density at radius 1 is 1.17 bits per heavy atom. The van der Waals surface area contributed by atoms with Crippen molar-refractivity contribution in [1.82, 2.24) is 9.97 Å². The molecule has 24 heavy (non-hydrogen) atoms. The number of hydrogen-bond acceptors (Lipinski definition) is 4. The Balaban J connectivity index is 2.04. The van der Waals surface area contributed by atoms with Crippen LogP contribution in [0.15, 0.2) is 29.6 Å². The molecule has 0 saturated carbocycles. The first-order chi connectivity index (χ1) is 11.5. The highest BCUT2D eigenvalue weighted by atomic mass is 32.1. The van der Waals surface area contributed by atoms with Crippen LogP contribution in [0, 0.1) is 20.8 Å². The van der Waals surface area contributed by atoms with E-state index in [-0.39, 0.29) is 5.97 Å². The second kappa shape index (κ2) is 6.61. The minimum Gasteiger partial charge on any atom is -0.462 e. The molecule has 4 nitrogen and oxygen atoms in total. The van der Waals surface area contributed by atoms with Crippen molar-refractivity contribution >= 4 is 17.3 Å². The number of hydrogen-bond donors (Lipinski definition) is 1. The minimum atomic E-state index is -0.306. The number of ether oxygens (including phenoxy) is 1. The summed E-state index contributed by atoms with van der Waals surface area (Å²) in [7, 11) is 0. The molecule has 0 aliphatic carbocycles. The molecule has 124 valence electrons. The van der Waals surface area contributed by atoms with E-state index in [0.717, 1.165) is 33.2 Å². The van der Waals surface area contributed by atoms with Crippen LogP contribution in [0.2, 0.25) is 0 Å². The van der Waals surface area contributed by atoms with Gasteiger partial charge in [-0.1, -0.05) is 29.8 Å². The van der Waals surface area contributed by atoms with Gasteiger partial charge in [0.1, 0.15) is 5.01 Å². The number of rotatable bonds is 4. The molecule has 2 heterocycles. The smallest absolute Gasteiger partial charge is 0.340 e. The van der Waals surface area contributed by atoms with Crippen molar-refractivity contribution in [2.75, 3.05) is 6.61 Å². The largest absolute Gasteiger partial charge is 0.462 e. The van der Waals surface area contributed by atoms with Crippen LogP contribution in [0.1, 0.15) is 34.2 Å². The second-order valence-corrected chi connectivity index (χ2v) is 6.61. The Labute approximate surface area is 145 Å². The number of H-pyrrole nitrogens is 1. The number of carbonyl (C=O) groups is 1. The molecule has 3 rings (SSSR count). The lowest BCUT2D eigenvalue weighted by atomic mass is 10.1. The molecule has 0 bridgehead atoms. The van der Waals surface area contributed by atoms with Gasteiger partial charge in [-0.2, -0.15) is 0 Å². The number of thiazole rings is 1. The molecule has 0 radical (unpaired) electrons. The maximum absolute atomic E-state index is 12.3. The van der Waals surface area contributed by atoms with Gasteiger partial charge < -0.3 is 9.72 Å². The third-order valence-electron chi connectivity index (χ3n) is 3.91. The summed E-state index contributed by atoms with van der Waals surface area (Å²) in [5.74, 6) is -0.306. The summed E-state index contributed by atoms with van der Waals surface area (Å²) < 4.78 is 5.21. The van der Waals surface area contributed by atoms with Crippen LogP contribution in [0.5, 0.6) is 0 Å². The molecule has 1 N–H and O–H groups in total. The fourth-order valence-corrected chi connectivity index (χ4v) is 3.59. The van der Waals surface area contributed by atoms with Gasteiger partial charge in [0.25, 0.3) is 0 Å². The van der Waals surface area contributed by atoms with Crippen LogP contribution in [0.3, 0.4) is 0 Å². The molecule has 0 spiro atoms. The lowest BCUT2D eigenvalue weighted by molar-refractivity contribution is 0.0526. The van der Waals surface area contributed by atoms with Crippen LogP contribution in [-0.2, 0) is 4.74 Å². The molecule has 0 fully saturated rings. The van der Waals surface area contributed by atoms with Crippen molar-refractivity contribution in [1.29, 1.82) is 0 Å². The van der Waals surface area contributed by atoms with E-state index in [1.165, 1.54) is 5.56 Å². The summed E-state index contributed by atoms with van der Waals surface area (Å²) in [5.41, 5.74) is 6.26. The Kier molecular flexibility index (Phi) is 4.53. The molecule has 0 unspecified atom stereocenters. The van der Waals surface area contributed by atoms with E-state index in [2.05, 4.69) is 36.2 Å². The molecule has 5 heteroatoms. The average Bonchev–Trinajstić information content (AvgIpc) is 3.12. The van der Waals surface area contributed by atoms with Gasteiger partial charge in [0, 0.05) is 27.9 Å². The van der Waals surface area contributed by atoms with E-state index < -0.39 is 0 Å². The average molecular weight is 340 g/mol. The molecule has 1 aromatic carbocycles.